The van der Waals surface area contributed by atoms with Gasteiger partial charge in [-0.2, -0.15) is 0 Å². The van der Waals surface area contributed by atoms with E-state index in [1.54, 1.807) is 11.3 Å². The van der Waals surface area contributed by atoms with E-state index in [2.05, 4.69) is 23.8 Å². The number of nitrogens with one attached hydrogen (secondary N) is 1. The van der Waals surface area contributed by atoms with Gasteiger partial charge in [-0.15, -0.1) is 11.3 Å². The molecule has 18 heavy (non-hydrogen) atoms. The molecule has 0 spiro atoms. The number of amidine groups is 1. The highest BCUT2D eigenvalue weighted by molar-refractivity contribution is 7.12. The van der Waals surface area contributed by atoms with Crippen LogP contribution in [0.4, 0.5) is 0 Å². The van der Waals surface area contributed by atoms with Gasteiger partial charge >= 0.3 is 0 Å². The van der Waals surface area contributed by atoms with Crippen molar-refractivity contribution in [2.45, 2.75) is 57.9 Å². The third-order valence-electron chi connectivity index (χ3n) is 3.62. The van der Waals surface area contributed by atoms with Crippen LogP contribution in [0.2, 0.25) is 0 Å². The molecule has 4 heteroatoms. The number of aliphatic imine (C=N–C) groups is 1. The Labute approximate surface area is 113 Å². The molecule has 0 aromatic carbocycles. The van der Waals surface area contributed by atoms with Crippen molar-refractivity contribution >= 4 is 17.2 Å². The van der Waals surface area contributed by atoms with Crippen LogP contribution in [0.5, 0.6) is 0 Å². The van der Waals surface area contributed by atoms with E-state index in [1.165, 1.54) is 49.0 Å². The molecule has 0 bridgehead atoms. The highest BCUT2D eigenvalue weighted by atomic mass is 32.1. The molecule has 1 saturated carbocycles. The minimum absolute atomic E-state index is 0.449. The molecule has 0 aliphatic heterocycles. The molecule has 0 saturated heterocycles. The Hall–Kier alpha value is -0.870. The third kappa shape index (κ3) is 3.33. The molecule has 0 atom stereocenters. The van der Waals surface area contributed by atoms with Gasteiger partial charge in [-0.3, -0.25) is 4.99 Å². The largest absolute Gasteiger partial charge is 0.308 e. The minimum atomic E-state index is 0.449. The first-order valence-electron chi connectivity index (χ1n) is 6.96. The maximum Gasteiger partial charge on any atom is 0.153 e. The molecule has 1 fully saturated rings. The van der Waals surface area contributed by atoms with Crippen LogP contribution >= 0.6 is 11.3 Å². The number of aryl methyl sites for hydroxylation is 1. The number of hydrazine groups is 1. The van der Waals surface area contributed by atoms with Crippen molar-refractivity contribution < 1.29 is 0 Å². The fraction of sp³-hybridized carbons (Fsp3) is 0.643. The second-order valence-electron chi connectivity index (χ2n) is 4.90. The summed E-state index contributed by atoms with van der Waals surface area (Å²) in [5.74, 6) is 6.55. The standard InChI is InChI=1S/C14H23N3S/c1-2-11-9-10-18-13(11)14(17-15)16-12-7-5-3-4-6-8-12/h9-10,12H,2-8,15H2,1H3,(H,16,17). The van der Waals surface area contributed by atoms with Gasteiger partial charge in [0.2, 0.25) is 0 Å². The van der Waals surface area contributed by atoms with Gasteiger partial charge in [0.15, 0.2) is 5.84 Å². The van der Waals surface area contributed by atoms with Gasteiger partial charge in [0.1, 0.15) is 0 Å². The van der Waals surface area contributed by atoms with Crippen LogP contribution in [0.3, 0.4) is 0 Å². The molecule has 3 nitrogen and oxygen atoms in total. The summed E-state index contributed by atoms with van der Waals surface area (Å²) >= 11 is 1.73. The normalized spacial score (nSPS) is 18.7. The highest BCUT2D eigenvalue weighted by Gasteiger charge is 2.14. The number of hydrogen-bond acceptors (Lipinski definition) is 3. The maximum atomic E-state index is 5.67. The summed E-state index contributed by atoms with van der Waals surface area (Å²) in [6.07, 6.45) is 8.77. The molecule has 1 aromatic heterocycles. The van der Waals surface area contributed by atoms with Crippen LogP contribution in [0.25, 0.3) is 0 Å². The van der Waals surface area contributed by atoms with Gasteiger partial charge in [-0.05, 0) is 36.3 Å². The first kappa shape index (κ1) is 13.6. The van der Waals surface area contributed by atoms with E-state index in [4.69, 9.17) is 10.8 Å². The average molecular weight is 265 g/mol. The molecular formula is C14H23N3S. The zero-order valence-electron chi connectivity index (χ0n) is 11.1. The van der Waals surface area contributed by atoms with Crippen LogP contribution < -0.4 is 11.3 Å². The fourth-order valence-corrected chi connectivity index (χ4v) is 3.51. The number of hydrogen-bond donors (Lipinski definition) is 2. The second kappa shape index (κ2) is 6.90. The van der Waals surface area contributed by atoms with E-state index in [0.717, 1.165) is 12.3 Å². The monoisotopic (exact) mass is 265 g/mol. The summed E-state index contributed by atoms with van der Waals surface area (Å²) in [6.45, 7) is 2.17. The number of nitrogens with two attached hydrogens (primary N) is 1. The zero-order valence-corrected chi connectivity index (χ0v) is 11.9. The van der Waals surface area contributed by atoms with E-state index in [-0.39, 0.29) is 0 Å². The SMILES string of the molecule is CCc1ccsc1C(=NC1CCCCCC1)NN. The van der Waals surface area contributed by atoms with Gasteiger partial charge in [0.05, 0.1) is 10.9 Å². The average Bonchev–Trinajstić information content (AvgIpc) is 2.72. The minimum Gasteiger partial charge on any atom is -0.308 e. The first-order chi connectivity index (χ1) is 8.85. The fourth-order valence-electron chi connectivity index (χ4n) is 2.55. The summed E-state index contributed by atoms with van der Waals surface area (Å²) < 4.78 is 0. The predicted molar refractivity (Wildman–Crippen MR) is 79.0 cm³/mol. The second-order valence-corrected chi connectivity index (χ2v) is 5.81. The Kier molecular flexibility index (Phi) is 5.20. The van der Waals surface area contributed by atoms with Crippen LogP contribution in [-0.4, -0.2) is 11.9 Å². The molecule has 0 amide bonds. The molecule has 0 unspecified atom stereocenters. The van der Waals surface area contributed by atoms with E-state index in [0.29, 0.717) is 6.04 Å². The van der Waals surface area contributed by atoms with E-state index in [9.17, 15) is 0 Å². The third-order valence-corrected chi connectivity index (χ3v) is 4.58. The lowest BCUT2D eigenvalue weighted by Crippen LogP contribution is -2.32. The quantitative estimate of drug-likeness (QED) is 0.290. The molecular weight excluding hydrogens is 242 g/mol. The molecule has 1 aliphatic rings. The van der Waals surface area contributed by atoms with Gasteiger partial charge in [-0.1, -0.05) is 32.6 Å². The summed E-state index contributed by atoms with van der Waals surface area (Å²) in [5, 5.41) is 2.12. The van der Waals surface area contributed by atoms with Crippen molar-refractivity contribution in [3.8, 4) is 0 Å². The summed E-state index contributed by atoms with van der Waals surface area (Å²) in [4.78, 5) is 6.07. The summed E-state index contributed by atoms with van der Waals surface area (Å²) in [6, 6.07) is 2.62. The predicted octanol–water partition coefficient (Wildman–Crippen LogP) is 3.24. The van der Waals surface area contributed by atoms with Crippen molar-refractivity contribution in [2.24, 2.45) is 10.8 Å². The topological polar surface area (TPSA) is 50.4 Å². The number of nitrogens with zero attached hydrogens (tertiary/aromatic N) is 1. The molecule has 1 aliphatic carbocycles. The Morgan fingerprint density at radius 1 is 1.39 bits per heavy atom. The Morgan fingerprint density at radius 3 is 2.72 bits per heavy atom. The molecule has 0 radical (unpaired) electrons. The molecule has 100 valence electrons. The van der Waals surface area contributed by atoms with Crippen LogP contribution in [0, 0.1) is 0 Å². The van der Waals surface area contributed by atoms with Gasteiger partial charge in [0, 0.05) is 0 Å². The van der Waals surface area contributed by atoms with Crippen molar-refractivity contribution in [1.29, 1.82) is 0 Å². The Bertz CT molecular complexity index is 389. The van der Waals surface area contributed by atoms with Crippen LogP contribution in [0.1, 0.15) is 55.9 Å². The smallest absolute Gasteiger partial charge is 0.153 e. The maximum absolute atomic E-state index is 5.67. The number of rotatable bonds is 3. The summed E-state index contributed by atoms with van der Waals surface area (Å²) in [5.41, 5.74) is 4.15. The summed E-state index contributed by atoms with van der Waals surface area (Å²) in [7, 11) is 0. The number of thiophene rings is 1. The van der Waals surface area contributed by atoms with Crippen molar-refractivity contribution in [3.63, 3.8) is 0 Å². The molecule has 3 N–H and O–H groups in total. The van der Waals surface area contributed by atoms with Crippen molar-refractivity contribution in [3.05, 3.63) is 21.9 Å². The van der Waals surface area contributed by atoms with Crippen LogP contribution in [-0.2, 0) is 6.42 Å². The van der Waals surface area contributed by atoms with Crippen molar-refractivity contribution in [2.75, 3.05) is 0 Å². The van der Waals surface area contributed by atoms with E-state index >= 15 is 0 Å². The van der Waals surface area contributed by atoms with Crippen molar-refractivity contribution in [1.82, 2.24) is 5.43 Å². The van der Waals surface area contributed by atoms with E-state index < -0.39 is 0 Å². The first-order valence-corrected chi connectivity index (χ1v) is 7.84. The highest BCUT2D eigenvalue weighted by Crippen LogP contribution is 2.22. The lowest BCUT2D eigenvalue weighted by atomic mass is 10.1. The molecule has 1 heterocycles. The van der Waals surface area contributed by atoms with E-state index in [1.807, 2.05) is 0 Å². The van der Waals surface area contributed by atoms with Crippen LogP contribution in [0.15, 0.2) is 16.4 Å². The lowest BCUT2D eigenvalue weighted by molar-refractivity contribution is 0.583. The zero-order chi connectivity index (χ0) is 12.8. The van der Waals surface area contributed by atoms with Gasteiger partial charge < -0.3 is 5.43 Å². The molecule has 1 aromatic rings. The van der Waals surface area contributed by atoms with Gasteiger partial charge in [-0.25, -0.2) is 5.84 Å². The molecule has 2 rings (SSSR count). The lowest BCUT2D eigenvalue weighted by Gasteiger charge is -2.12. The Morgan fingerprint density at radius 2 is 2.11 bits per heavy atom. The Balaban J connectivity index is 2.16. The van der Waals surface area contributed by atoms with Gasteiger partial charge in [0.25, 0.3) is 0 Å².